The molecule has 0 spiro atoms. The number of H-pyrrole nitrogens is 1. The molecule has 2 N–H and O–H groups in total. The lowest BCUT2D eigenvalue weighted by Crippen LogP contribution is -2.31. The second-order valence-electron chi connectivity index (χ2n) is 3.98. The van der Waals surface area contributed by atoms with E-state index >= 15 is 0 Å². The van der Waals surface area contributed by atoms with Crippen molar-refractivity contribution in [2.45, 2.75) is 6.42 Å². The van der Waals surface area contributed by atoms with E-state index in [1.807, 2.05) is 0 Å². The quantitative estimate of drug-likeness (QED) is 0.815. The van der Waals surface area contributed by atoms with Crippen LogP contribution in [0.25, 0.3) is 10.9 Å². The van der Waals surface area contributed by atoms with Gasteiger partial charge in [-0.2, -0.15) is 0 Å². The van der Waals surface area contributed by atoms with Gasteiger partial charge in [0.25, 0.3) is 5.91 Å². The van der Waals surface area contributed by atoms with Gasteiger partial charge in [0.15, 0.2) is 0 Å². The van der Waals surface area contributed by atoms with E-state index in [1.165, 1.54) is 0 Å². The highest BCUT2D eigenvalue weighted by Gasteiger charge is 2.25. The Kier molecular flexibility index (Phi) is 2.26. The fraction of sp³-hybridized carbons (Fsp3) is 0.250. The van der Waals surface area contributed by atoms with E-state index in [9.17, 15) is 4.79 Å². The number of aromatic amines is 1. The Morgan fingerprint density at radius 2 is 2.24 bits per heavy atom. The molecule has 2 heterocycles. The molecule has 0 radical (unpaired) electrons. The van der Waals surface area contributed by atoms with Crippen LogP contribution in [0.5, 0.6) is 5.75 Å². The van der Waals surface area contributed by atoms with Gasteiger partial charge in [-0.1, -0.05) is 11.6 Å². The average Bonchev–Trinajstić information content (AvgIpc) is 2.71. The molecule has 0 saturated carbocycles. The van der Waals surface area contributed by atoms with Crippen molar-refractivity contribution in [1.29, 1.82) is 0 Å². The molecule has 0 fully saturated rings. The number of methoxy groups -OCH3 is 1. The number of hydrogen-bond donors (Lipinski definition) is 2. The molecule has 1 aliphatic heterocycles. The Labute approximate surface area is 103 Å². The molecule has 4 nitrogen and oxygen atoms in total. The molecule has 0 atom stereocenters. The maximum atomic E-state index is 11.9. The van der Waals surface area contributed by atoms with Gasteiger partial charge in [-0.05, 0) is 12.1 Å². The molecule has 0 unspecified atom stereocenters. The predicted molar refractivity (Wildman–Crippen MR) is 65.9 cm³/mol. The summed E-state index contributed by atoms with van der Waals surface area (Å²) in [4.78, 5) is 15.1. The van der Waals surface area contributed by atoms with Crippen molar-refractivity contribution < 1.29 is 9.53 Å². The summed E-state index contributed by atoms with van der Waals surface area (Å²) in [6, 6.07) is 3.54. The molecule has 1 amide bonds. The number of aromatic nitrogens is 1. The predicted octanol–water partition coefficient (Wildman–Crippen LogP) is 2.12. The number of carbonyl (C=O) groups is 1. The standard InChI is InChI=1S/C12H11ClN2O2/c1-17-8-3-2-6(13)9-10-7(15-11(8)9)4-5-14-12(10)16/h2-3,15H,4-5H2,1H3,(H,14,16). The van der Waals surface area contributed by atoms with Gasteiger partial charge in [-0.25, -0.2) is 0 Å². The third-order valence-corrected chi connectivity index (χ3v) is 3.37. The zero-order valence-electron chi connectivity index (χ0n) is 9.26. The normalized spacial score (nSPS) is 14.6. The second kappa shape index (κ2) is 3.67. The van der Waals surface area contributed by atoms with E-state index in [0.29, 0.717) is 22.9 Å². The first kappa shape index (κ1) is 10.5. The highest BCUT2D eigenvalue weighted by atomic mass is 35.5. The molecule has 1 aromatic heterocycles. The number of benzene rings is 1. The van der Waals surface area contributed by atoms with E-state index in [0.717, 1.165) is 23.0 Å². The fourth-order valence-corrected chi connectivity index (χ4v) is 2.54. The van der Waals surface area contributed by atoms with Crippen LogP contribution < -0.4 is 10.1 Å². The van der Waals surface area contributed by atoms with E-state index < -0.39 is 0 Å². The Bertz CT molecular complexity index is 618. The molecule has 1 aliphatic rings. The molecule has 88 valence electrons. The van der Waals surface area contributed by atoms with Crippen LogP contribution >= 0.6 is 11.6 Å². The highest BCUT2D eigenvalue weighted by Crippen LogP contribution is 2.36. The van der Waals surface area contributed by atoms with Gasteiger partial charge < -0.3 is 15.0 Å². The van der Waals surface area contributed by atoms with Crippen LogP contribution in [0.15, 0.2) is 12.1 Å². The van der Waals surface area contributed by atoms with Gasteiger partial charge in [-0.3, -0.25) is 4.79 Å². The van der Waals surface area contributed by atoms with E-state index in [2.05, 4.69) is 10.3 Å². The number of hydrogen-bond acceptors (Lipinski definition) is 2. The molecule has 1 aromatic carbocycles. The van der Waals surface area contributed by atoms with Crippen LogP contribution in [0.2, 0.25) is 5.02 Å². The number of ether oxygens (including phenoxy) is 1. The largest absolute Gasteiger partial charge is 0.495 e. The van der Waals surface area contributed by atoms with Gasteiger partial charge in [0, 0.05) is 24.0 Å². The summed E-state index contributed by atoms with van der Waals surface area (Å²) in [5.41, 5.74) is 2.37. The molecular weight excluding hydrogens is 240 g/mol. The zero-order valence-corrected chi connectivity index (χ0v) is 10.0. The average molecular weight is 251 g/mol. The lowest BCUT2D eigenvalue weighted by molar-refractivity contribution is 0.0947. The maximum Gasteiger partial charge on any atom is 0.253 e. The summed E-state index contributed by atoms with van der Waals surface area (Å²) in [6.45, 7) is 0.651. The van der Waals surface area contributed by atoms with E-state index in [4.69, 9.17) is 16.3 Å². The highest BCUT2D eigenvalue weighted by molar-refractivity contribution is 6.37. The first-order chi connectivity index (χ1) is 8.22. The first-order valence-electron chi connectivity index (χ1n) is 5.37. The lowest BCUT2D eigenvalue weighted by Gasteiger charge is -2.12. The number of carbonyl (C=O) groups excluding carboxylic acids is 1. The number of rotatable bonds is 1. The third kappa shape index (κ3) is 1.41. The molecule has 17 heavy (non-hydrogen) atoms. The van der Waals surface area contributed by atoms with Gasteiger partial charge in [0.05, 0.1) is 23.2 Å². The Balaban J connectivity index is 2.42. The minimum atomic E-state index is -0.0762. The molecule has 0 aliphatic carbocycles. The van der Waals surface area contributed by atoms with E-state index in [-0.39, 0.29) is 5.91 Å². The van der Waals surface area contributed by atoms with Crippen LogP contribution in [0.4, 0.5) is 0 Å². The van der Waals surface area contributed by atoms with Crippen molar-refractivity contribution >= 4 is 28.4 Å². The summed E-state index contributed by atoms with van der Waals surface area (Å²) in [7, 11) is 1.60. The lowest BCUT2D eigenvalue weighted by atomic mass is 10.1. The van der Waals surface area contributed by atoms with Crippen LogP contribution in [0, 0.1) is 0 Å². The van der Waals surface area contributed by atoms with Crippen molar-refractivity contribution in [2.24, 2.45) is 0 Å². The van der Waals surface area contributed by atoms with Gasteiger partial charge in [0.2, 0.25) is 0 Å². The zero-order chi connectivity index (χ0) is 12.0. The summed E-state index contributed by atoms with van der Waals surface area (Å²) < 4.78 is 5.27. The topological polar surface area (TPSA) is 54.1 Å². The van der Waals surface area contributed by atoms with Crippen molar-refractivity contribution in [3.8, 4) is 5.75 Å². The van der Waals surface area contributed by atoms with Crippen molar-refractivity contribution in [3.05, 3.63) is 28.4 Å². The summed E-state index contributed by atoms with van der Waals surface area (Å²) in [5.74, 6) is 0.624. The Morgan fingerprint density at radius 3 is 3.00 bits per heavy atom. The summed E-state index contributed by atoms with van der Waals surface area (Å²) in [5, 5.41) is 4.14. The molecular formula is C12H11ClN2O2. The summed E-state index contributed by atoms with van der Waals surface area (Å²) >= 11 is 6.17. The molecule has 5 heteroatoms. The summed E-state index contributed by atoms with van der Waals surface area (Å²) in [6.07, 6.45) is 0.787. The minimum absolute atomic E-state index is 0.0762. The van der Waals surface area contributed by atoms with Crippen LogP contribution in [0.3, 0.4) is 0 Å². The number of fused-ring (bicyclic) bond motifs is 3. The monoisotopic (exact) mass is 250 g/mol. The SMILES string of the molecule is COc1ccc(Cl)c2c3c([nH]c12)CCNC3=O. The molecule has 2 aromatic rings. The number of halogens is 1. The number of amides is 1. The van der Waals surface area contributed by atoms with Crippen molar-refractivity contribution in [1.82, 2.24) is 10.3 Å². The van der Waals surface area contributed by atoms with Gasteiger partial charge >= 0.3 is 0 Å². The molecule has 3 rings (SSSR count). The minimum Gasteiger partial charge on any atom is -0.495 e. The smallest absolute Gasteiger partial charge is 0.253 e. The van der Waals surface area contributed by atoms with Crippen LogP contribution in [-0.2, 0) is 6.42 Å². The number of nitrogens with one attached hydrogen (secondary N) is 2. The Morgan fingerprint density at radius 1 is 1.41 bits per heavy atom. The first-order valence-corrected chi connectivity index (χ1v) is 5.75. The van der Waals surface area contributed by atoms with Crippen molar-refractivity contribution in [3.63, 3.8) is 0 Å². The second-order valence-corrected chi connectivity index (χ2v) is 4.39. The fourth-order valence-electron chi connectivity index (χ4n) is 2.29. The third-order valence-electron chi connectivity index (χ3n) is 3.05. The van der Waals surface area contributed by atoms with Crippen LogP contribution in [0.1, 0.15) is 16.1 Å². The maximum absolute atomic E-state index is 11.9. The van der Waals surface area contributed by atoms with Gasteiger partial charge in [0.1, 0.15) is 5.75 Å². The molecule has 0 bridgehead atoms. The molecule has 0 saturated heterocycles. The van der Waals surface area contributed by atoms with Gasteiger partial charge in [-0.15, -0.1) is 0 Å². The van der Waals surface area contributed by atoms with Crippen LogP contribution in [-0.4, -0.2) is 24.5 Å². The van der Waals surface area contributed by atoms with E-state index in [1.54, 1.807) is 19.2 Å². The Hall–Kier alpha value is -1.68. The van der Waals surface area contributed by atoms with Crippen molar-refractivity contribution in [2.75, 3.05) is 13.7 Å².